The lowest BCUT2D eigenvalue weighted by atomic mass is 10.0. The summed E-state index contributed by atoms with van der Waals surface area (Å²) < 4.78 is 16.1. The monoisotopic (exact) mass is 387 g/mol. The predicted octanol–water partition coefficient (Wildman–Crippen LogP) is 5.21. The number of halogens is 2. The van der Waals surface area contributed by atoms with Crippen LogP contribution in [0.3, 0.4) is 0 Å². The highest BCUT2D eigenvalue weighted by molar-refractivity contribution is 6.42. The number of rotatable bonds is 4. The minimum absolute atomic E-state index is 0.0606. The Labute approximate surface area is 158 Å². The van der Waals surface area contributed by atoms with Crippen LogP contribution in [0, 0.1) is 0 Å². The van der Waals surface area contributed by atoms with Gasteiger partial charge in [-0.25, -0.2) is 4.79 Å². The zero-order valence-electron chi connectivity index (χ0n) is 14.9. The summed E-state index contributed by atoms with van der Waals surface area (Å²) in [7, 11) is 1.53. The van der Waals surface area contributed by atoms with Crippen LogP contribution in [0.2, 0.25) is 10.0 Å². The number of ether oxygens (including phenoxy) is 3. The van der Waals surface area contributed by atoms with E-state index in [-0.39, 0.29) is 12.8 Å². The highest BCUT2D eigenvalue weighted by Crippen LogP contribution is 2.45. The van der Waals surface area contributed by atoms with Gasteiger partial charge in [-0.3, -0.25) is 4.90 Å². The molecule has 0 aliphatic carbocycles. The lowest BCUT2D eigenvalue weighted by Gasteiger charge is -2.30. The zero-order valence-corrected chi connectivity index (χ0v) is 16.4. The first-order valence-electron chi connectivity index (χ1n) is 7.90. The van der Waals surface area contributed by atoms with Crippen molar-refractivity contribution in [3.8, 4) is 5.75 Å². The summed E-state index contributed by atoms with van der Waals surface area (Å²) in [6.07, 6.45) is 0.132. The van der Waals surface area contributed by atoms with Crippen LogP contribution < -0.4 is 4.74 Å². The molecule has 1 aliphatic rings. The minimum Gasteiger partial charge on any atom is -0.467 e. The Kier molecular flexibility index (Phi) is 6.25. The molecule has 0 N–H and O–H groups in total. The smallest absolute Gasteiger partial charge is 0.411 e. The second-order valence-electron chi connectivity index (χ2n) is 6.90. The van der Waals surface area contributed by atoms with Crippen LogP contribution in [0.5, 0.6) is 5.75 Å². The number of amides is 1. The van der Waals surface area contributed by atoms with E-state index in [0.717, 1.165) is 5.57 Å². The van der Waals surface area contributed by atoms with Crippen molar-refractivity contribution in [3.05, 3.63) is 39.9 Å². The molecule has 1 amide bonds. The van der Waals surface area contributed by atoms with E-state index in [9.17, 15) is 4.79 Å². The first-order valence-corrected chi connectivity index (χ1v) is 8.65. The highest BCUT2D eigenvalue weighted by atomic mass is 35.5. The average molecular weight is 388 g/mol. The number of benzene rings is 1. The van der Waals surface area contributed by atoms with Gasteiger partial charge in [-0.15, -0.1) is 0 Å². The molecular formula is C18H23Cl2NO4. The van der Waals surface area contributed by atoms with E-state index in [1.54, 1.807) is 17.0 Å². The van der Waals surface area contributed by atoms with E-state index in [1.807, 2.05) is 20.8 Å². The number of carbonyl (C=O) groups excluding carboxylic acids is 1. The van der Waals surface area contributed by atoms with E-state index < -0.39 is 11.7 Å². The molecular weight excluding hydrogens is 365 g/mol. The molecule has 0 bridgehead atoms. The Morgan fingerprint density at radius 1 is 1.36 bits per heavy atom. The maximum atomic E-state index is 12.6. The summed E-state index contributed by atoms with van der Waals surface area (Å²) >= 11 is 12.6. The van der Waals surface area contributed by atoms with Gasteiger partial charge in [0.1, 0.15) is 11.4 Å². The fourth-order valence-corrected chi connectivity index (χ4v) is 3.12. The molecule has 25 heavy (non-hydrogen) atoms. The van der Waals surface area contributed by atoms with Gasteiger partial charge in [-0.1, -0.05) is 35.4 Å². The van der Waals surface area contributed by atoms with Gasteiger partial charge < -0.3 is 14.2 Å². The second-order valence-corrected chi connectivity index (χ2v) is 7.69. The van der Waals surface area contributed by atoms with Gasteiger partial charge in [0, 0.05) is 19.2 Å². The molecule has 0 unspecified atom stereocenters. The van der Waals surface area contributed by atoms with Crippen LogP contribution in [0.25, 0.3) is 0 Å². The van der Waals surface area contributed by atoms with Crippen molar-refractivity contribution in [1.82, 2.24) is 4.90 Å². The minimum atomic E-state index is -0.598. The number of likely N-dealkylation sites (tertiary alicyclic amines) is 1. The Bertz CT molecular complexity index is 670. The van der Waals surface area contributed by atoms with Gasteiger partial charge >= 0.3 is 6.09 Å². The normalized spacial score (nSPS) is 17.8. The molecule has 1 heterocycles. The Morgan fingerprint density at radius 2 is 2.04 bits per heavy atom. The number of methoxy groups -OCH3 is 1. The summed E-state index contributed by atoms with van der Waals surface area (Å²) in [5, 5.41) is 0.742. The fraction of sp³-hybridized carbons (Fsp3) is 0.500. The van der Waals surface area contributed by atoms with Crippen LogP contribution in [0.1, 0.15) is 38.8 Å². The third-order valence-corrected chi connectivity index (χ3v) is 4.46. The van der Waals surface area contributed by atoms with E-state index >= 15 is 0 Å². The van der Waals surface area contributed by atoms with E-state index in [1.165, 1.54) is 7.11 Å². The van der Waals surface area contributed by atoms with E-state index in [4.69, 9.17) is 37.4 Å². The van der Waals surface area contributed by atoms with Crippen LogP contribution in [-0.4, -0.2) is 37.0 Å². The highest BCUT2D eigenvalue weighted by Gasteiger charge is 2.38. The zero-order chi connectivity index (χ0) is 18.8. The topological polar surface area (TPSA) is 48.0 Å². The SMILES string of the molecule is C=C1C[C@H](c2c(OCOC)ccc(Cl)c2Cl)N(C(=O)OC(C)(C)C)C1. The third-order valence-electron chi connectivity index (χ3n) is 3.64. The van der Waals surface area contributed by atoms with E-state index in [0.29, 0.717) is 34.3 Å². The van der Waals surface area contributed by atoms with Gasteiger partial charge in [0.15, 0.2) is 6.79 Å². The first-order chi connectivity index (χ1) is 11.6. The molecule has 0 radical (unpaired) electrons. The largest absolute Gasteiger partial charge is 0.467 e. The van der Waals surface area contributed by atoms with Crippen molar-refractivity contribution in [1.29, 1.82) is 0 Å². The van der Waals surface area contributed by atoms with Crippen LogP contribution in [-0.2, 0) is 9.47 Å². The summed E-state index contributed by atoms with van der Waals surface area (Å²) in [4.78, 5) is 14.2. The van der Waals surface area contributed by atoms with E-state index in [2.05, 4.69) is 6.58 Å². The van der Waals surface area contributed by atoms with Crippen LogP contribution in [0.4, 0.5) is 4.79 Å². The lowest BCUT2D eigenvalue weighted by Crippen LogP contribution is -2.36. The quantitative estimate of drug-likeness (QED) is 0.525. The number of hydrogen-bond donors (Lipinski definition) is 0. The molecule has 1 saturated heterocycles. The maximum Gasteiger partial charge on any atom is 0.411 e. The standard InChI is InChI=1S/C18H23Cl2NO4/c1-11-8-13(21(9-11)17(22)25-18(2,3)4)15-14(24-10-23-5)7-6-12(19)16(15)20/h6-7,13H,1,8-10H2,2-5H3/t13-/m1/s1. The van der Waals surface area contributed by atoms with Crippen LogP contribution >= 0.6 is 23.2 Å². The Balaban J connectivity index is 2.41. The number of carbonyl (C=O) groups is 1. The van der Waals surface area contributed by atoms with Crippen LogP contribution in [0.15, 0.2) is 24.3 Å². The molecule has 0 aromatic heterocycles. The molecule has 5 nitrogen and oxygen atoms in total. The van der Waals surface area contributed by atoms with Gasteiger partial charge in [0.2, 0.25) is 0 Å². The molecule has 1 aliphatic heterocycles. The molecule has 2 rings (SSSR count). The lowest BCUT2D eigenvalue weighted by molar-refractivity contribution is 0.0218. The molecule has 138 valence electrons. The Morgan fingerprint density at radius 3 is 2.64 bits per heavy atom. The first kappa shape index (κ1) is 19.9. The summed E-state index contributed by atoms with van der Waals surface area (Å²) in [6.45, 7) is 9.94. The molecule has 1 atom stereocenters. The van der Waals surface area contributed by atoms with Crippen molar-refractivity contribution in [2.75, 3.05) is 20.4 Å². The summed E-state index contributed by atoms with van der Waals surface area (Å²) in [5.74, 6) is 0.518. The molecule has 1 aromatic carbocycles. The summed E-state index contributed by atoms with van der Waals surface area (Å²) in [6, 6.07) is 3.01. The third kappa shape index (κ3) is 4.81. The van der Waals surface area contributed by atoms with Crippen molar-refractivity contribution in [2.45, 2.75) is 38.8 Å². The number of hydrogen-bond acceptors (Lipinski definition) is 4. The van der Waals surface area contributed by atoms with Crippen molar-refractivity contribution >= 4 is 29.3 Å². The molecule has 1 fully saturated rings. The molecule has 0 spiro atoms. The maximum absolute atomic E-state index is 12.6. The molecule has 1 aromatic rings. The molecule has 0 saturated carbocycles. The number of nitrogens with zero attached hydrogens (tertiary/aromatic N) is 1. The summed E-state index contributed by atoms with van der Waals surface area (Å²) in [5.41, 5.74) is 0.944. The van der Waals surface area contributed by atoms with Crippen molar-refractivity contribution < 1.29 is 19.0 Å². The average Bonchev–Trinajstić information content (AvgIpc) is 2.88. The predicted molar refractivity (Wildman–Crippen MR) is 98.4 cm³/mol. The second kappa shape index (κ2) is 7.85. The van der Waals surface area contributed by atoms with Gasteiger partial charge in [-0.2, -0.15) is 0 Å². The van der Waals surface area contributed by atoms with Gasteiger partial charge in [-0.05, 0) is 39.3 Å². The fourth-order valence-electron chi connectivity index (χ4n) is 2.68. The van der Waals surface area contributed by atoms with Gasteiger partial charge in [0.25, 0.3) is 0 Å². The molecule has 7 heteroatoms. The Hall–Kier alpha value is -1.43. The van der Waals surface area contributed by atoms with Crippen molar-refractivity contribution in [2.24, 2.45) is 0 Å². The van der Waals surface area contributed by atoms with Gasteiger partial charge in [0.05, 0.1) is 16.1 Å². The van der Waals surface area contributed by atoms with Crippen molar-refractivity contribution in [3.63, 3.8) is 0 Å².